The Morgan fingerprint density at radius 1 is 1.10 bits per heavy atom. The predicted octanol–water partition coefficient (Wildman–Crippen LogP) is 3.34. The van der Waals surface area contributed by atoms with Crippen molar-refractivity contribution in [2.75, 3.05) is 31.1 Å². The fourth-order valence-corrected chi connectivity index (χ4v) is 5.73. The minimum atomic E-state index is -0.499. The van der Waals surface area contributed by atoms with Crippen LogP contribution in [0.4, 0.5) is 5.82 Å². The molecule has 6 rings (SSSR count). The first-order valence-electron chi connectivity index (χ1n) is 13.8. The van der Waals surface area contributed by atoms with Gasteiger partial charge in [0.25, 0.3) is 5.91 Å². The lowest BCUT2D eigenvalue weighted by molar-refractivity contribution is 0.0751. The summed E-state index contributed by atoms with van der Waals surface area (Å²) in [5.41, 5.74) is 8.63. The Kier molecular flexibility index (Phi) is 6.13. The molecule has 3 aromatic heterocycles. The number of nitrogens with zero attached hydrogens (tertiary/aromatic N) is 7. The molecule has 2 aliphatic heterocycles. The molecule has 5 heterocycles. The first-order valence-corrected chi connectivity index (χ1v) is 13.8. The topological polar surface area (TPSA) is 115 Å². The fourth-order valence-electron chi connectivity index (χ4n) is 5.73. The third-order valence-electron chi connectivity index (χ3n) is 8.52. The largest absolute Gasteiger partial charge is 0.474 e. The van der Waals surface area contributed by atoms with Crippen LogP contribution in [-0.2, 0) is 5.54 Å². The molecule has 0 unspecified atom stereocenters. The maximum Gasteiger partial charge on any atom is 0.257 e. The van der Waals surface area contributed by atoms with Gasteiger partial charge in [-0.1, -0.05) is 13.8 Å². The van der Waals surface area contributed by atoms with Crippen LogP contribution in [0.15, 0.2) is 36.8 Å². The molecular weight excluding hydrogens is 492 g/mol. The van der Waals surface area contributed by atoms with Gasteiger partial charge < -0.3 is 20.3 Å². The average Bonchev–Trinajstić information content (AvgIpc) is 3.21. The van der Waals surface area contributed by atoms with Crippen LogP contribution in [0.25, 0.3) is 5.95 Å². The van der Waals surface area contributed by atoms with E-state index in [0.29, 0.717) is 53.4 Å². The van der Waals surface area contributed by atoms with Crippen LogP contribution in [0.1, 0.15) is 62.2 Å². The molecule has 10 nitrogen and oxygen atoms in total. The van der Waals surface area contributed by atoms with E-state index in [0.717, 1.165) is 37.3 Å². The smallest absolute Gasteiger partial charge is 0.257 e. The zero-order valence-corrected chi connectivity index (χ0v) is 23.5. The first kappa shape index (κ1) is 25.7. The van der Waals surface area contributed by atoms with Gasteiger partial charge in [-0.3, -0.25) is 4.79 Å². The van der Waals surface area contributed by atoms with Crippen molar-refractivity contribution in [3.8, 4) is 11.8 Å². The average molecular weight is 531 g/mol. The summed E-state index contributed by atoms with van der Waals surface area (Å²) < 4.78 is 8.02. The van der Waals surface area contributed by atoms with E-state index in [9.17, 15) is 4.79 Å². The molecule has 3 fully saturated rings. The highest BCUT2D eigenvalue weighted by Crippen LogP contribution is 2.48. The summed E-state index contributed by atoms with van der Waals surface area (Å²) >= 11 is 0. The van der Waals surface area contributed by atoms with Crippen molar-refractivity contribution in [3.05, 3.63) is 53.6 Å². The maximum absolute atomic E-state index is 13.3. The van der Waals surface area contributed by atoms with Crippen molar-refractivity contribution in [1.29, 1.82) is 0 Å². The lowest BCUT2D eigenvalue weighted by atomic mass is 9.82. The molecule has 3 aliphatic rings. The maximum atomic E-state index is 13.3. The Hall–Kier alpha value is -3.53. The zero-order valence-electron chi connectivity index (χ0n) is 23.5. The van der Waals surface area contributed by atoms with Gasteiger partial charge in [-0.2, -0.15) is 10.1 Å². The number of rotatable bonds is 6. The predicted molar refractivity (Wildman–Crippen MR) is 148 cm³/mol. The van der Waals surface area contributed by atoms with Crippen LogP contribution in [-0.4, -0.2) is 67.8 Å². The summed E-state index contributed by atoms with van der Waals surface area (Å²) in [6.45, 7) is 13.8. The second-order valence-corrected chi connectivity index (χ2v) is 12.7. The highest BCUT2D eigenvalue weighted by molar-refractivity contribution is 5.95. The summed E-state index contributed by atoms with van der Waals surface area (Å²) in [6.07, 6.45) is 7.36. The van der Waals surface area contributed by atoms with Crippen molar-refractivity contribution >= 4 is 11.7 Å². The molecule has 0 bridgehead atoms. The van der Waals surface area contributed by atoms with Gasteiger partial charge >= 0.3 is 0 Å². The SMILES string of the molecule is Cc1nn(-c2ncccn2)cc1C(=O)N1C[C@@H]2[C@H](C1)[C@@H]2Oc1cc(C(C)(C)N)cc(N2CCC(C)(C)CC2)n1. The monoisotopic (exact) mass is 530 g/mol. The van der Waals surface area contributed by atoms with Crippen molar-refractivity contribution in [1.82, 2.24) is 29.6 Å². The van der Waals surface area contributed by atoms with Gasteiger partial charge in [0.15, 0.2) is 0 Å². The summed E-state index contributed by atoms with van der Waals surface area (Å²) in [7, 11) is 0. The van der Waals surface area contributed by atoms with Gasteiger partial charge in [-0.25, -0.2) is 14.6 Å². The van der Waals surface area contributed by atoms with Gasteiger partial charge in [-0.15, -0.1) is 0 Å². The summed E-state index contributed by atoms with van der Waals surface area (Å²) in [6, 6.07) is 5.85. The van der Waals surface area contributed by atoms with Gasteiger partial charge in [0.05, 0.1) is 11.3 Å². The summed E-state index contributed by atoms with van der Waals surface area (Å²) in [5.74, 6) is 2.60. The number of hydrogen-bond acceptors (Lipinski definition) is 8. The van der Waals surface area contributed by atoms with E-state index in [2.05, 4.69) is 39.9 Å². The number of aromatic nitrogens is 5. The minimum Gasteiger partial charge on any atom is -0.474 e. The molecule has 1 aliphatic carbocycles. The van der Waals surface area contributed by atoms with E-state index in [1.165, 1.54) is 0 Å². The molecule has 0 radical (unpaired) electrons. The number of nitrogens with two attached hydrogens (primary N) is 1. The van der Waals surface area contributed by atoms with Crippen LogP contribution < -0.4 is 15.4 Å². The number of amides is 1. The number of ether oxygens (including phenoxy) is 1. The Morgan fingerprint density at radius 2 is 1.77 bits per heavy atom. The summed E-state index contributed by atoms with van der Waals surface area (Å²) in [4.78, 5) is 30.9. The molecule has 10 heteroatoms. The Morgan fingerprint density at radius 3 is 2.41 bits per heavy atom. The number of piperidine rings is 2. The van der Waals surface area contributed by atoms with Crippen molar-refractivity contribution in [2.45, 2.75) is 59.1 Å². The second kappa shape index (κ2) is 9.29. The van der Waals surface area contributed by atoms with Crippen molar-refractivity contribution in [2.24, 2.45) is 23.0 Å². The van der Waals surface area contributed by atoms with Crippen LogP contribution in [0.2, 0.25) is 0 Å². The zero-order chi connectivity index (χ0) is 27.5. The Labute approximate surface area is 229 Å². The number of hydrogen-bond donors (Lipinski definition) is 1. The number of aryl methyl sites for hydroxylation is 1. The third-order valence-corrected chi connectivity index (χ3v) is 8.52. The molecule has 0 spiro atoms. The molecule has 39 heavy (non-hydrogen) atoms. The van der Waals surface area contributed by atoms with E-state index in [1.807, 2.05) is 31.7 Å². The first-order chi connectivity index (χ1) is 18.5. The lowest BCUT2D eigenvalue weighted by Gasteiger charge is -2.38. The van der Waals surface area contributed by atoms with Gasteiger partial charge in [-0.05, 0) is 56.7 Å². The number of carbonyl (C=O) groups excluding carboxylic acids is 1. The normalized spacial score (nSPS) is 24.0. The molecule has 0 aromatic carbocycles. The van der Waals surface area contributed by atoms with Crippen LogP contribution in [0.5, 0.6) is 5.88 Å². The lowest BCUT2D eigenvalue weighted by Crippen LogP contribution is -2.38. The van der Waals surface area contributed by atoms with Crippen molar-refractivity contribution < 1.29 is 9.53 Å². The molecule has 3 atom stereocenters. The number of fused-ring (bicyclic) bond motifs is 1. The van der Waals surface area contributed by atoms with E-state index in [-0.39, 0.29) is 12.0 Å². The molecular formula is C29H38N8O2. The Balaban J connectivity index is 1.13. The quantitative estimate of drug-likeness (QED) is 0.516. The molecule has 1 saturated carbocycles. The van der Waals surface area contributed by atoms with E-state index in [1.54, 1.807) is 29.3 Å². The van der Waals surface area contributed by atoms with Crippen LogP contribution in [0, 0.1) is 24.2 Å². The Bertz CT molecular complexity index is 1360. The molecule has 2 N–H and O–H groups in total. The second-order valence-electron chi connectivity index (χ2n) is 12.7. The van der Waals surface area contributed by atoms with Gasteiger partial charge in [0, 0.05) is 68.2 Å². The fraction of sp³-hybridized carbons (Fsp3) is 0.552. The number of likely N-dealkylation sites (tertiary alicyclic amines) is 1. The molecule has 2 saturated heterocycles. The van der Waals surface area contributed by atoms with Crippen molar-refractivity contribution in [3.63, 3.8) is 0 Å². The van der Waals surface area contributed by atoms with Crippen LogP contribution in [0.3, 0.4) is 0 Å². The number of anilines is 1. The van der Waals surface area contributed by atoms with E-state index in [4.69, 9.17) is 15.5 Å². The molecule has 206 valence electrons. The highest BCUT2D eigenvalue weighted by atomic mass is 16.5. The third kappa shape index (κ3) is 5.09. The molecule has 1 amide bonds. The minimum absolute atomic E-state index is 0.0130. The van der Waals surface area contributed by atoms with Crippen LogP contribution >= 0.6 is 0 Å². The standard InChI is InChI=1S/C29H38N8O2/c1-18-20(17-37(34-18)27-31-9-6-10-32-27)26(38)36-15-21-22(16-36)25(21)39-24-14-19(29(4,5)30)13-23(33-24)35-11-7-28(2,3)8-12-35/h6,9-10,13-14,17,21-22,25H,7-8,11-12,15-16,30H2,1-5H3/t21-,22+,25-. The van der Waals surface area contributed by atoms with E-state index >= 15 is 0 Å². The summed E-state index contributed by atoms with van der Waals surface area (Å²) in [5, 5.41) is 4.45. The molecule has 3 aromatic rings. The van der Waals surface area contributed by atoms with E-state index < -0.39 is 5.54 Å². The number of carbonyl (C=O) groups is 1. The van der Waals surface area contributed by atoms with Gasteiger partial charge in [0.2, 0.25) is 11.8 Å². The highest BCUT2D eigenvalue weighted by Gasteiger charge is 2.59. The van der Waals surface area contributed by atoms with Gasteiger partial charge in [0.1, 0.15) is 11.9 Å². The number of pyridine rings is 1.